The number of rotatable bonds is 4. The van der Waals surface area contributed by atoms with Gasteiger partial charge in [-0.2, -0.15) is 0 Å². The zero-order valence-corrected chi connectivity index (χ0v) is 9.92. The Hall–Kier alpha value is -0.310. The summed E-state index contributed by atoms with van der Waals surface area (Å²) in [4.78, 5) is 0.560. The predicted molar refractivity (Wildman–Crippen MR) is 66.2 cm³/mol. The highest BCUT2D eigenvalue weighted by Crippen LogP contribution is 2.23. The number of benzene rings is 1. The van der Waals surface area contributed by atoms with Gasteiger partial charge in [-0.3, -0.25) is 0 Å². The Morgan fingerprint density at radius 1 is 1.29 bits per heavy atom. The van der Waals surface area contributed by atoms with E-state index >= 15 is 0 Å². The highest BCUT2D eigenvalue weighted by molar-refractivity contribution is 7.80. The first-order chi connectivity index (χ1) is 6.59. The minimum atomic E-state index is 0.560. The van der Waals surface area contributed by atoms with E-state index in [1.807, 2.05) is 12.1 Å². The Balaban J connectivity index is 2.51. The van der Waals surface area contributed by atoms with Crippen molar-refractivity contribution in [3.63, 3.8) is 0 Å². The van der Waals surface area contributed by atoms with Gasteiger partial charge < -0.3 is 5.73 Å². The van der Waals surface area contributed by atoms with E-state index in [0.29, 0.717) is 15.0 Å². The molecule has 1 aromatic rings. The largest absolute Gasteiger partial charge is 0.393 e. The van der Waals surface area contributed by atoms with Gasteiger partial charge in [-0.25, -0.2) is 0 Å². The Morgan fingerprint density at radius 3 is 2.57 bits per heavy atom. The van der Waals surface area contributed by atoms with Crippen LogP contribution in [0.4, 0.5) is 0 Å². The minimum absolute atomic E-state index is 0.560. The molecule has 0 atom stereocenters. The molecule has 1 nitrogen and oxygen atoms in total. The fourth-order valence-electron chi connectivity index (χ4n) is 1.16. The van der Waals surface area contributed by atoms with Gasteiger partial charge in [0.05, 0.1) is 15.0 Å². The zero-order valence-electron chi connectivity index (χ0n) is 7.59. The maximum Gasteiger partial charge on any atom is 0.0727 e. The van der Waals surface area contributed by atoms with Crippen LogP contribution in [0.25, 0.3) is 0 Å². The van der Waals surface area contributed by atoms with E-state index in [9.17, 15) is 0 Å². The van der Waals surface area contributed by atoms with Crippen molar-refractivity contribution in [1.29, 1.82) is 0 Å². The molecule has 14 heavy (non-hydrogen) atoms. The number of thiocarbonyl (C=S) groups is 1. The summed E-state index contributed by atoms with van der Waals surface area (Å²) in [6, 6.07) is 5.65. The van der Waals surface area contributed by atoms with Gasteiger partial charge in [0.2, 0.25) is 0 Å². The molecule has 76 valence electrons. The average molecular weight is 248 g/mol. The third-order valence-corrected chi connectivity index (χ3v) is 2.82. The lowest BCUT2D eigenvalue weighted by Crippen LogP contribution is -2.07. The van der Waals surface area contributed by atoms with Gasteiger partial charge in [0.25, 0.3) is 0 Å². The maximum atomic E-state index is 5.87. The Morgan fingerprint density at radius 2 is 2.00 bits per heavy atom. The van der Waals surface area contributed by atoms with Crippen LogP contribution >= 0.6 is 35.4 Å². The maximum absolute atomic E-state index is 5.87. The summed E-state index contributed by atoms with van der Waals surface area (Å²) in [6.07, 6.45) is 2.65. The van der Waals surface area contributed by atoms with Gasteiger partial charge >= 0.3 is 0 Å². The van der Waals surface area contributed by atoms with Crippen LogP contribution in [0.15, 0.2) is 18.2 Å². The van der Waals surface area contributed by atoms with E-state index in [0.717, 1.165) is 24.8 Å². The molecule has 0 aliphatic carbocycles. The third kappa shape index (κ3) is 3.82. The van der Waals surface area contributed by atoms with Crippen molar-refractivity contribution in [2.24, 2.45) is 5.73 Å². The number of halogens is 2. The fraction of sp³-hybridized carbons (Fsp3) is 0.300. The second-order valence-electron chi connectivity index (χ2n) is 3.07. The lowest BCUT2D eigenvalue weighted by molar-refractivity contribution is 0.868. The first kappa shape index (κ1) is 11.8. The van der Waals surface area contributed by atoms with Crippen LogP contribution < -0.4 is 5.73 Å². The quantitative estimate of drug-likeness (QED) is 0.824. The van der Waals surface area contributed by atoms with Crippen LogP contribution in [0, 0.1) is 0 Å². The van der Waals surface area contributed by atoms with Crippen LogP contribution in [-0.4, -0.2) is 4.99 Å². The number of hydrogen-bond donors (Lipinski definition) is 1. The lowest BCUT2D eigenvalue weighted by Gasteiger charge is -2.02. The molecule has 0 unspecified atom stereocenters. The summed E-state index contributed by atoms with van der Waals surface area (Å²) in [5, 5.41) is 1.18. The van der Waals surface area contributed by atoms with Crippen LogP contribution in [0.2, 0.25) is 10.0 Å². The van der Waals surface area contributed by atoms with Gasteiger partial charge in [-0.15, -0.1) is 0 Å². The molecule has 4 heteroatoms. The first-order valence-corrected chi connectivity index (χ1v) is 5.48. The van der Waals surface area contributed by atoms with Crippen molar-refractivity contribution in [2.75, 3.05) is 0 Å². The van der Waals surface area contributed by atoms with E-state index in [4.69, 9.17) is 41.2 Å². The lowest BCUT2D eigenvalue weighted by atomic mass is 10.1. The van der Waals surface area contributed by atoms with Crippen molar-refractivity contribution in [3.8, 4) is 0 Å². The number of hydrogen-bond acceptors (Lipinski definition) is 1. The van der Waals surface area contributed by atoms with E-state index in [-0.39, 0.29) is 0 Å². The standard InChI is InChI=1S/C10H11Cl2NS/c11-8-5-4-7(6-9(8)12)2-1-3-10(13)14/h4-6H,1-3H2,(H2,13,14). The van der Waals surface area contributed by atoms with Gasteiger partial charge in [0.1, 0.15) is 0 Å². The van der Waals surface area contributed by atoms with Crippen LogP contribution in [0.1, 0.15) is 18.4 Å². The van der Waals surface area contributed by atoms with Gasteiger partial charge in [0, 0.05) is 0 Å². The minimum Gasteiger partial charge on any atom is -0.393 e. The molecular weight excluding hydrogens is 237 g/mol. The molecule has 0 aliphatic heterocycles. The van der Waals surface area contributed by atoms with E-state index < -0.39 is 0 Å². The Bertz CT molecular complexity index is 339. The average Bonchev–Trinajstić information content (AvgIpc) is 2.10. The third-order valence-electron chi connectivity index (χ3n) is 1.87. The van der Waals surface area contributed by atoms with E-state index in [2.05, 4.69) is 0 Å². The molecule has 0 saturated heterocycles. The summed E-state index contributed by atoms with van der Waals surface area (Å²) in [5.74, 6) is 0. The second kappa shape index (κ2) is 5.54. The van der Waals surface area contributed by atoms with Gasteiger partial charge in [0.15, 0.2) is 0 Å². The highest BCUT2D eigenvalue weighted by atomic mass is 35.5. The van der Waals surface area contributed by atoms with Crippen LogP contribution in [0.5, 0.6) is 0 Å². The topological polar surface area (TPSA) is 26.0 Å². The van der Waals surface area contributed by atoms with Crippen LogP contribution in [0.3, 0.4) is 0 Å². The van der Waals surface area contributed by atoms with Crippen molar-refractivity contribution in [2.45, 2.75) is 19.3 Å². The second-order valence-corrected chi connectivity index (χ2v) is 4.41. The highest BCUT2D eigenvalue weighted by Gasteiger charge is 1.99. The smallest absolute Gasteiger partial charge is 0.0727 e. The monoisotopic (exact) mass is 247 g/mol. The number of aryl methyl sites for hydroxylation is 1. The molecule has 2 N–H and O–H groups in total. The SMILES string of the molecule is NC(=S)CCCc1ccc(Cl)c(Cl)c1. The fourth-order valence-corrected chi connectivity index (χ4v) is 1.63. The zero-order chi connectivity index (χ0) is 10.6. The molecule has 0 saturated carbocycles. The molecule has 0 heterocycles. The normalized spacial score (nSPS) is 10.1. The number of nitrogens with two attached hydrogens (primary N) is 1. The van der Waals surface area contributed by atoms with Crippen molar-refractivity contribution >= 4 is 40.4 Å². The molecular formula is C10H11Cl2NS. The summed E-state index contributed by atoms with van der Waals surface area (Å²) in [7, 11) is 0. The molecule has 0 fully saturated rings. The molecule has 0 aliphatic rings. The Kier molecular flexibility index (Phi) is 4.66. The molecule has 0 aromatic heterocycles. The molecule has 1 aromatic carbocycles. The molecule has 0 amide bonds. The van der Waals surface area contributed by atoms with Gasteiger partial charge in [-0.05, 0) is 37.0 Å². The first-order valence-electron chi connectivity index (χ1n) is 4.32. The van der Waals surface area contributed by atoms with Crippen molar-refractivity contribution in [1.82, 2.24) is 0 Å². The molecule has 1 rings (SSSR count). The van der Waals surface area contributed by atoms with E-state index in [1.165, 1.54) is 0 Å². The summed E-state index contributed by atoms with van der Waals surface area (Å²) < 4.78 is 0. The van der Waals surface area contributed by atoms with Crippen LogP contribution in [-0.2, 0) is 6.42 Å². The Labute approximate surface area is 99.2 Å². The van der Waals surface area contributed by atoms with Gasteiger partial charge in [-0.1, -0.05) is 41.5 Å². The molecule has 0 bridgehead atoms. The molecule has 0 radical (unpaired) electrons. The predicted octanol–water partition coefficient (Wildman–Crippen LogP) is 3.60. The van der Waals surface area contributed by atoms with Crippen molar-refractivity contribution < 1.29 is 0 Å². The van der Waals surface area contributed by atoms with Crippen molar-refractivity contribution in [3.05, 3.63) is 33.8 Å². The summed E-state index contributed by atoms with van der Waals surface area (Å²) in [6.45, 7) is 0. The summed E-state index contributed by atoms with van der Waals surface area (Å²) >= 11 is 16.5. The van der Waals surface area contributed by atoms with E-state index in [1.54, 1.807) is 6.07 Å². The molecule has 0 spiro atoms. The summed E-state index contributed by atoms with van der Waals surface area (Å²) in [5.41, 5.74) is 6.56.